The van der Waals surface area contributed by atoms with E-state index in [9.17, 15) is 13.2 Å². The molecule has 0 aliphatic rings. The van der Waals surface area contributed by atoms with Gasteiger partial charge in [0.1, 0.15) is 17.5 Å². The molecule has 4 heteroatoms. The Morgan fingerprint density at radius 1 is 0.952 bits per heavy atom. The van der Waals surface area contributed by atoms with Crippen LogP contribution in [0.1, 0.15) is 36.6 Å². The van der Waals surface area contributed by atoms with E-state index < -0.39 is 23.5 Å². The average molecular weight is 293 g/mol. The van der Waals surface area contributed by atoms with Gasteiger partial charge >= 0.3 is 0 Å². The highest BCUT2D eigenvalue weighted by Crippen LogP contribution is 2.26. The second-order valence-corrected chi connectivity index (χ2v) is 5.60. The van der Waals surface area contributed by atoms with Crippen LogP contribution in [0.4, 0.5) is 13.2 Å². The Morgan fingerprint density at radius 3 is 1.95 bits per heavy atom. The molecule has 1 unspecified atom stereocenters. The Hall–Kier alpha value is -1.81. The Balaban J connectivity index is 2.30. The van der Waals surface area contributed by atoms with Gasteiger partial charge in [-0.3, -0.25) is 0 Å². The van der Waals surface area contributed by atoms with Crippen LogP contribution < -0.4 is 5.73 Å². The van der Waals surface area contributed by atoms with Gasteiger partial charge in [0.15, 0.2) is 0 Å². The zero-order chi connectivity index (χ0) is 15.6. The van der Waals surface area contributed by atoms with Crippen LogP contribution in [0.25, 0.3) is 0 Å². The number of rotatable bonds is 4. The summed E-state index contributed by atoms with van der Waals surface area (Å²) in [5.41, 5.74) is 7.33. The molecule has 2 N–H and O–H groups in total. The number of halogens is 3. The van der Waals surface area contributed by atoms with E-state index in [1.54, 1.807) is 12.1 Å². The Morgan fingerprint density at radius 2 is 1.48 bits per heavy atom. The van der Waals surface area contributed by atoms with Gasteiger partial charge < -0.3 is 5.73 Å². The van der Waals surface area contributed by atoms with Crippen molar-refractivity contribution in [3.05, 3.63) is 70.5 Å². The van der Waals surface area contributed by atoms with Gasteiger partial charge in [-0.1, -0.05) is 38.1 Å². The van der Waals surface area contributed by atoms with Gasteiger partial charge in [-0.15, -0.1) is 0 Å². The number of benzene rings is 2. The molecule has 0 spiro atoms. The van der Waals surface area contributed by atoms with Crippen molar-refractivity contribution in [3.63, 3.8) is 0 Å². The smallest absolute Gasteiger partial charge is 0.134 e. The number of nitrogens with two attached hydrogens (primary N) is 1. The Labute approximate surface area is 122 Å². The third-order valence-corrected chi connectivity index (χ3v) is 3.34. The second kappa shape index (κ2) is 6.31. The van der Waals surface area contributed by atoms with Crippen molar-refractivity contribution in [2.45, 2.75) is 26.3 Å². The molecule has 1 nitrogen and oxygen atoms in total. The van der Waals surface area contributed by atoms with E-state index >= 15 is 0 Å². The van der Waals surface area contributed by atoms with Crippen molar-refractivity contribution in [3.8, 4) is 0 Å². The van der Waals surface area contributed by atoms with Crippen LogP contribution in [0.2, 0.25) is 0 Å². The van der Waals surface area contributed by atoms with Gasteiger partial charge in [-0.05, 0) is 23.5 Å². The first-order valence-electron chi connectivity index (χ1n) is 6.87. The van der Waals surface area contributed by atoms with E-state index in [0.717, 1.165) is 12.0 Å². The maximum Gasteiger partial charge on any atom is 0.134 e. The summed E-state index contributed by atoms with van der Waals surface area (Å²) in [5, 5.41) is 0. The molecule has 0 saturated heterocycles. The SMILES string of the molecule is CC(C)Cc1ccc(C(N)c2c(F)cc(F)cc2F)cc1. The van der Waals surface area contributed by atoms with Gasteiger partial charge in [0.2, 0.25) is 0 Å². The Bertz CT molecular complexity index is 597. The minimum Gasteiger partial charge on any atom is -0.320 e. The predicted octanol–water partition coefficient (Wildman–Crippen LogP) is 4.35. The molecule has 112 valence electrons. The highest BCUT2D eigenvalue weighted by molar-refractivity contribution is 5.35. The van der Waals surface area contributed by atoms with Gasteiger partial charge in [0.05, 0.1) is 6.04 Å². The molecule has 0 aliphatic carbocycles. The van der Waals surface area contributed by atoms with E-state index in [0.29, 0.717) is 23.6 Å². The number of hydrogen-bond donors (Lipinski definition) is 1. The van der Waals surface area contributed by atoms with Crippen LogP contribution >= 0.6 is 0 Å². The summed E-state index contributed by atoms with van der Waals surface area (Å²) >= 11 is 0. The first kappa shape index (κ1) is 15.6. The molecular weight excluding hydrogens is 275 g/mol. The van der Waals surface area contributed by atoms with Crippen LogP contribution in [0, 0.1) is 23.4 Å². The lowest BCUT2D eigenvalue weighted by Crippen LogP contribution is -2.16. The molecule has 0 amide bonds. The average Bonchev–Trinajstić information content (AvgIpc) is 2.37. The normalized spacial score (nSPS) is 12.7. The molecule has 0 saturated carbocycles. The molecule has 0 radical (unpaired) electrons. The van der Waals surface area contributed by atoms with Crippen LogP contribution in [0.3, 0.4) is 0 Å². The summed E-state index contributed by atoms with van der Waals surface area (Å²) in [5.74, 6) is -2.36. The maximum atomic E-state index is 13.7. The van der Waals surface area contributed by atoms with Crippen LogP contribution in [0.15, 0.2) is 36.4 Å². The summed E-state index contributed by atoms with van der Waals surface area (Å²) in [4.78, 5) is 0. The van der Waals surface area contributed by atoms with E-state index in [1.807, 2.05) is 12.1 Å². The first-order chi connectivity index (χ1) is 9.88. The van der Waals surface area contributed by atoms with Gasteiger partial charge in [-0.2, -0.15) is 0 Å². The predicted molar refractivity (Wildman–Crippen MR) is 77.3 cm³/mol. The highest BCUT2D eigenvalue weighted by Gasteiger charge is 2.19. The lowest BCUT2D eigenvalue weighted by molar-refractivity contribution is 0.515. The lowest BCUT2D eigenvalue weighted by Gasteiger charge is -2.15. The maximum absolute atomic E-state index is 13.7. The molecule has 0 aromatic heterocycles. The summed E-state index contributed by atoms with van der Waals surface area (Å²) in [6, 6.07) is 7.63. The summed E-state index contributed by atoms with van der Waals surface area (Å²) in [6.07, 6.45) is 0.925. The van der Waals surface area contributed by atoms with Crippen molar-refractivity contribution in [2.75, 3.05) is 0 Å². The topological polar surface area (TPSA) is 26.0 Å². The van der Waals surface area contributed by atoms with Gasteiger partial charge in [-0.25, -0.2) is 13.2 Å². The molecule has 0 fully saturated rings. The summed E-state index contributed by atoms with van der Waals surface area (Å²) in [7, 11) is 0. The monoisotopic (exact) mass is 293 g/mol. The Kier molecular flexibility index (Phi) is 4.68. The molecule has 2 rings (SSSR count). The van der Waals surface area contributed by atoms with Crippen LogP contribution in [0.5, 0.6) is 0 Å². The molecule has 1 atom stereocenters. The van der Waals surface area contributed by atoms with E-state index in [2.05, 4.69) is 13.8 Å². The highest BCUT2D eigenvalue weighted by atomic mass is 19.1. The fourth-order valence-corrected chi connectivity index (χ4v) is 2.35. The van der Waals surface area contributed by atoms with E-state index in [1.165, 1.54) is 0 Å². The zero-order valence-electron chi connectivity index (χ0n) is 12.0. The summed E-state index contributed by atoms with van der Waals surface area (Å²) < 4.78 is 40.4. The molecule has 0 heterocycles. The first-order valence-corrected chi connectivity index (χ1v) is 6.87. The quantitative estimate of drug-likeness (QED) is 0.891. The van der Waals surface area contributed by atoms with Crippen molar-refractivity contribution >= 4 is 0 Å². The fourth-order valence-electron chi connectivity index (χ4n) is 2.35. The minimum atomic E-state index is -0.966. The van der Waals surface area contributed by atoms with Crippen LogP contribution in [-0.2, 0) is 6.42 Å². The molecule has 21 heavy (non-hydrogen) atoms. The van der Waals surface area contributed by atoms with E-state index in [-0.39, 0.29) is 5.56 Å². The third-order valence-electron chi connectivity index (χ3n) is 3.34. The van der Waals surface area contributed by atoms with Crippen LogP contribution in [-0.4, -0.2) is 0 Å². The number of hydrogen-bond acceptors (Lipinski definition) is 1. The summed E-state index contributed by atoms with van der Waals surface area (Å²) in [6.45, 7) is 4.23. The lowest BCUT2D eigenvalue weighted by atomic mass is 9.95. The van der Waals surface area contributed by atoms with Crippen molar-refractivity contribution < 1.29 is 13.2 Å². The van der Waals surface area contributed by atoms with Gasteiger partial charge in [0.25, 0.3) is 0 Å². The van der Waals surface area contributed by atoms with Gasteiger partial charge in [0, 0.05) is 17.7 Å². The molecule has 2 aromatic carbocycles. The second-order valence-electron chi connectivity index (χ2n) is 5.60. The van der Waals surface area contributed by atoms with E-state index in [4.69, 9.17) is 5.73 Å². The standard InChI is InChI=1S/C17H18F3N/c1-10(2)7-11-3-5-12(6-4-11)17(21)16-14(19)8-13(18)9-15(16)20/h3-6,8-10,17H,7,21H2,1-2H3. The molecular formula is C17H18F3N. The van der Waals surface area contributed by atoms with Crippen molar-refractivity contribution in [2.24, 2.45) is 11.7 Å². The minimum absolute atomic E-state index is 0.312. The largest absolute Gasteiger partial charge is 0.320 e. The fraction of sp³-hybridized carbons (Fsp3) is 0.294. The third kappa shape index (κ3) is 3.64. The molecule has 0 aliphatic heterocycles. The zero-order valence-corrected chi connectivity index (χ0v) is 12.0. The van der Waals surface area contributed by atoms with Crippen molar-refractivity contribution in [1.29, 1.82) is 0 Å². The van der Waals surface area contributed by atoms with Crippen molar-refractivity contribution in [1.82, 2.24) is 0 Å². The molecule has 0 bridgehead atoms. The molecule has 2 aromatic rings.